The molecule has 1 heterocycles. The molecule has 0 spiro atoms. The predicted octanol–water partition coefficient (Wildman–Crippen LogP) is 2.04. The first-order valence-electron chi connectivity index (χ1n) is 6.17. The molecule has 2 unspecified atom stereocenters. The van der Waals surface area contributed by atoms with Crippen molar-refractivity contribution in [2.24, 2.45) is 17.6 Å². The predicted molar refractivity (Wildman–Crippen MR) is 69.7 cm³/mol. The molecule has 1 fully saturated rings. The van der Waals surface area contributed by atoms with E-state index in [1.165, 1.54) is 19.3 Å². The number of nitrogens with two attached hydrogens (primary N) is 1. The van der Waals surface area contributed by atoms with Crippen LogP contribution in [0.5, 0.6) is 0 Å². The summed E-state index contributed by atoms with van der Waals surface area (Å²) in [6.45, 7) is 6.49. The molecule has 0 aliphatic carbocycles. The van der Waals surface area contributed by atoms with Crippen LogP contribution in [0, 0.1) is 11.8 Å². The molecule has 0 aromatic carbocycles. The summed E-state index contributed by atoms with van der Waals surface area (Å²) in [6.07, 6.45) is 4.84. The lowest BCUT2D eigenvalue weighted by Crippen LogP contribution is -2.38. The molecule has 96 valence electrons. The molecule has 0 radical (unpaired) electrons. The Kier molecular flexibility index (Phi) is 7.77. The minimum absolute atomic E-state index is 0. The zero-order chi connectivity index (χ0) is 11.3. The van der Waals surface area contributed by atoms with Crippen LogP contribution in [0.15, 0.2) is 0 Å². The van der Waals surface area contributed by atoms with Gasteiger partial charge in [0, 0.05) is 25.6 Å². The Morgan fingerprint density at radius 1 is 1.44 bits per heavy atom. The molecule has 1 rings (SSSR count). The van der Waals surface area contributed by atoms with E-state index in [1.807, 2.05) is 11.8 Å². The highest BCUT2D eigenvalue weighted by molar-refractivity contribution is 5.85. The average molecular weight is 249 g/mol. The number of likely N-dealkylation sites (tertiary alicyclic amines) is 1. The minimum atomic E-state index is -0.0109. The first-order valence-corrected chi connectivity index (χ1v) is 6.17. The van der Waals surface area contributed by atoms with E-state index in [4.69, 9.17) is 5.73 Å². The Labute approximate surface area is 105 Å². The molecular formula is C12H25ClN2O. The maximum Gasteiger partial charge on any atom is 0.226 e. The molecule has 3 nitrogen and oxygen atoms in total. The fourth-order valence-corrected chi connectivity index (χ4v) is 2.21. The van der Waals surface area contributed by atoms with Gasteiger partial charge in [-0.25, -0.2) is 0 Å². The summed E-state index contributed by atoms with van der Waals surface area (Å²) in [7, 11) is 0. The second-order valence-corrected chi connectivity index (χ2v) is 4.67. The van der Waals surface area contributed by atoms with Crippen LogP contribution in [-0.4, -0.2) is 30.4 Å². The smallest absolute Gasteiger partial charge is 0.226 e. The molecule has 1 amide bonds. The van der Waals surface area contributed by atoms with Gasteiger partial charge in [-0.2, -0.15) is 0 Å². The second kappa shape index (κ2) is 7.91. The van der Waals surface area contributed by atoms with Crippen molar-refractivity contribution in [3.05, 3.63) is 0 Å². The number of nitrogens with zero attached hydrogens (tertiary/aromatic N) is 1. The highest BCUT2D eigenvalue weighted by Gasteiger charge is 2.22. The lowest BCUT2D eigenvalue weighted by molar-refractivity contribution is -0.134. The monoisotopic (exact) mass is 248 g/mol. The fourth-order valence-electron chi connectivity index (χ4n) is 2.21. The van der Waals surface area contributed by atoms with Gasteiger partial charge in [-0.1, -0.05) is 20.3 Å². The van der Waals surface area contributed by atoms with E-state index in [0.717, 1.165) is 25.4 Å². The van der Waals surface area contributed by atoms with Crippen LogP contribution < -0.4 is 5.73 Å². The summed E-state index contributed by atoms with van der Waals surface area (Å²) in [5, 5.41) is 0. The Balaban J connectivity index is 0.00000225. The van der Waals surface area contributed by atoms with Crippen LogP contribution in [0.2, 0.25) is 0 Å². The standard InChI is InChI=1S/C12H24N2O.ClH/c1-3-11-5-4-7-14(8-6-11)12(15)10(2)9-13;/h10-11H,3-9,13H2,1-2H3;1H. The van der Waals surface area contributed by atoms with Crippen LogP contribution in [0.3, 0.4) is 0 Å². The molecule has 0 aromatic heterocycles. The maximum atomic E-state index is 11.9. The number of carbonyl (C=O) groups excluding carboxylic acids is 1. The van der Waals surface area contributed by atoms with Crippen LogP contribution in [0.4, 0.5) is 0 Å². The van der Waals surface area contributed by atoms with Gasteiger partial charge in [-0.3, -0.25) is 4.79 Å². The number of hydrogen-bond donors (Lipinski definition) is 1. The van der Waals surface area contributed by atoms with E-state index in [1.54, 1.807) is 0 Å². The van der Waals surface area contributed by atoms with Gasteiger partial charge < -0.3 is 10.6 Å². The molecule has 2 N–H and O–H groups in total. The molecule has 0 bridgehead atoms. The summed E-state index contributed by atoms with van der Waals surface area (Å²) in [5.41, 5.74) is 5.52. The molecule has 2 atom stereocenters. The molecule has 4 heteroatoms. The average Bonchev–Trinajstić information content (AvgIpc) is 2.51. The molecule has 1 aliphatic heterocycles. The second-order valence-electron chi connectivity index (χ2n) is 4.67. The molecule has 1 aliphatic rings. The van der Waals surface area contributed by atoms with E-state index in [2.05, 4.69) is 6.92 Å². The topological polar surface area (TPSA) is 46.3 Å². The lowest BCUT2D eigenvalue weighted by Gasteiger charge is -2.23. The maximum absolute atomic E-state index is 11.9. The Morgan fingerprint density at radius 2 is 2.12 bits per heavy atom. The first kappa shape index (κ1) is 15.7. The minimum Gasteiger partial charge on any atom is -0.342 e. The first-order chi connectivity index (χ1) is 7.19. The quantitative estimate of drug-likeness (QED) is 0.831. The van der Waals surface area contributed by atoms with Crippen LogP contribution in [0.25, 0.3) is 0 Å². The Hall–Kier alpha value is -0.280. The molecule has 0 saturated carbocycles. The van der Waals surface area contributed by atoms with Gasteiger partial charge in [0.25, 0.3) is 0 Å². The van der Waals surface area contributed by atoms with Crippen molar-refractivity contribution < 1.29 is 4.79 Å². The Morgan fingerprint density at radius 3 is 2.69 bits per heavy atom. The summed E-state index contributed by atoms with van der Waals surface area (Å²) < 4.78 is 0. The number of carbonyl (C=O) groups is 1. The fraction of sp³-hybridized carbons (Fsp3) is 0.917. The third kappa shape index (κ3) is 4.30. The summed E-state index contributed by atoms with van der Waals surface area (Å²) in [4.78, 5) is 13.9. The van der Waals surface area contributed by atoms with E-state index >= 15 is 0 Å². The van der Waals surface area contributed by atoms with E-state index in [0.29, 0.717) is 6.54 Å². The van der Waals surface area contributed by atoms with Crippen LogP contribution in [0.1, 0.15) is 39.5 Å². The summed E-state index contributed by atoms with van der Waals surface area (Å²) in [6, 6.07) is 0. The third-order valence-electron chi connectivity index (χ3n) is 3.51. The van der Waals surface area contributed by atoms with Gasteiger partial charge in [0.1, 0.15) is 0 Å². The summed E-state index contributed by atoms with van der Waals surface area (Å²) in [5.74, 6) is 1.05. The van der Waals surface area contributed by atoms with Crippen LogP contribution in [-0.2, 0) is 4.79 Å². The highest BCUT2D eigenvalue weighted by Crippen LogP contribution is 2.20. The SMILES string of the molecule is CCC1CCCN(C(=O)C(C)CN)CC1.Cl. The van der Waals surface area contributed by atoms with Gasteiger partial charge in [0.05, 0.1) is 0 Å². The van der Waals surface area contributed by atoms with Gasteiger partial charge >= 0.3 is 0 Å². The normalized spacial score (nSPS) is 23.2. The number of hydrogen-bond acceptors (Lipinski definition) is 2. The zero-order valence-corrected chi connectivity index (χ0v) is 11.3. The van der Waals surface area contributed by atoms with Crippen LogP contribution >= 0.6 is 12.4 Å². The van der Waals surface area contributed by atoms with Crippen molar-refractivity contribution in [1.82, 2.24) is 4.90 Å². The van der Waals surface area contributed by atoms with E-state index < -0.39 is 0 Å². The van der Waals surface area contributed by atoms with Gasteiger partial charge in [-0.15, -0.1) is 12.4 Å². The molecule has 1 saturated heterocycles. The van der Waals surface area contributed by atoms with Gasteiger partial charge in [-0.05, 0) is 25.2 Å². The molecule has 16 heavy (non-hydrogen) atoms. The summed E-state index contributed by atoms with van der Waals surface area (Å²) >= 11 is 0. The molecule has 0 aromatic rings. The van der Waals surface area contributed by atoms with Crippen molar-refractivity contribution in [3.8, 4) is 0 Å². The van der Waals surface area contributed by atoms with Crippen molar-refractivity contribution in [2.45, 2.75) is 39.5 Å². The largest absolute Gasteiger partial charge is 0.342 e. The number of halogens is 1. The Bertz CT molecular complexity index is 211. The zero-order valence-electron chi connectivity index (χ0n) is 10.4. The van der Waals surface area contributed by atoms with Crippen molar-refractivity contribution in [3.63, 3.8) is 0 Å². The van der Waals surface area contributed by atoms with Crippen molar-refractivity contribution in [2.75, 3.05) is 19.6 Å². The third-order valence-corrected chi connectivity index (χ3v) is 3.51. The number of rotatable bonds is 3. The molecular weight excluding hydrogens is 224 g/mol. The van der Waals surface area contributed by atoms with E-state index in [-0.39, 0.29) is 24.2 Å². The van der Waals surface area contributed by atoms with Crippen molar-refractivity contribution >= 4 is 18.3 Å². The highest BCUT2D eigenvalue weighted by atomic mass is 35.5. The lowest BCUT2D eigenvalue weighted by atomic mass is 9.98. The van der Waals surface area contributed by atoms with Gasteiger partial charge in [0.2, 0.25) is 5.91 Å². The number of amides is 1. The van der Waals surface area contributed by atoms with Gasteiger partial charge in [0.15, 0.2) is 0 Å². The van der Waals surface area contributed by atoms with E-state index in [9.17, 15) is 4.79 Å². The van der Waals surface area contributed by atoms with Crippen molar-refractivity contribution in [1.29, 1.82) is 0 Å².